The quantitative estimate of drug-likeness (QED) is 0.119. The van der Waals surface area contributed by atoms with Gasteiger partial charge in [-0.2, -0.15) is 0 Å². The predicted molar refractivity (Wildman–Crippen MR) is 199 cm³/mol. The topological polar surface area (TPSA) is 51.8 Å². The van der Waals surface area contributed by atoms with Gasteiger partial charge in [-0.1, -0.05) is 99.8 Å². The van der Waals surface area contributed by atoms with Crippen molar-refractivity contribution in [3.8, 4) is 22.5 Å². The number of rotatable bonds is 7. The summed E-state index contributed by atoms with van der Waals surface area (Å²) < 4.78 is 63.3. The van der Waals surface area contributed by atoms with Crippen LogP contribution in [0.3, 0.4) is 0 Å². The zero-order chi connectivity index (χ0) is 39.1. The van der Waals surface area contributed by atoms with Crippen LogP contribution in [0.15, 0.2) is 83.5 Å². The summed E-state index contributed by atoms with van der Waals surface area (Å²) >= 11 is 0. The molecular formula is C42H47IrN3OSi-2. The van der Waals surface area contributed by atoms with E-state index in [-0.39, 0.29) is 43.3 Å². The number of fused-ring (bicyclic) bond motifs is 3. The van der Waals surface area contributed by atoms with Gasteiger partial charge in [0.25, 0.3) is 0 Å². The molecule has 251 valence electrons. The van der Waals surface area contributed by atoms with Crippen molar-refractivity contribution >= 4 is 35.3 Å². The molecule has 1 radical (unpaired) electrons. The third-order valence-corrected chi connectivity index (χ3v) is 10.4. The Bertz CT molecular complexity index is 2250. The van der Waals surface area contributed by atoms with Crippen LogP contribution in [0.5, 0.6) is 0 Å². The van der Waals surface area contributed by atoms with E-state index in [1.165, 1.54) is 12.5 Å². The number of furan rings is 1. The van der Waals surface area contributed by atoms with Gasteiger partial charge in [0, 0.05) is 53.2 Å². The first-order valence-electron chi connectivity index (χ1n) is 20.1. The van der Waals surface area contributed by atoms with Crippen LogP contribution >= 0.6 is 0 Å². The largest absolute Gasteiger partial charge is 0.486 e. The smallest absolute Gasteiger partial charge is 0.216 e. The van der Waals surface area contributed by atoms with Gasteiger partial charge in [0.1, 0.15) is 0 Å². The molecule has 7 rings (SSSR count). The van der Waals surface area contributed by atoms with Gasteiger partial charge in [-0.3, -0.25) is 0 Å². The number of benzene rings is 2. The van der Waals surface area contributed by atoms with Crippen molar-refractivity contribution in [3.63, 3.8) is 0 Å². The molecule has 4 nitrogen and oxygen atoms in total. The number of nitrogens with zero attached hydrogens (tertiary/aromatic N) is 3. The number of hydrogen-bond donors (Lipinski definition) is 0. The fourth-order valence-corrected chi connectivity index (χ4v) is 7.55. The molecule has 0 N–H and O–H groups in total. The summed E-state index contributed by atoms with van der Waals surface area (Å²) in [5.41, 5.74) is 4.99. The minimum absolute atomic E-state index is 0. The van der Waals surface area contributed by atoms with Gasteiger partial charge in [0.15, 0.2) is 0 Å². The molecule has 4 heterocycles. The molecule has 6 aromatic rings. The van der Waals surface area contributed by atoms with E-state index in [9.17, 15) is 0 Å². The Hall–Kier alpha value is -3.44. The van der Waals surface area contributed by atoms with E-state index in [1.54, 1.807) is 30.5 Å². The average molecular weight is 837 g/mol. The van der Waals surface area contributed by atoms with E-state index < -0.39 is 27.7 Å². The Kier molecular flexibility index (Phi) is 9.04. The summed E-state index contributed by atoms with van der Waals surface area (Å²) in [7, 11) is -1.69. The van der Waals surface area contributed by atoms with Gasteiger partial charge in [0.05, 0.1) is 13.7 Å². The van der Waals surface area contributed by atoms with E-state index in [1.807, 2.05) is 56.4 Å². The molecule has 0 atom stereocenters. The second-order valence-electron chi connectivity index (χ2n) is 13.6. The molecule has 48 heavy (non-hydrogen) atoms. The van der Waals surface area contributed by atoms with Crippen molar-refractivity contribution in [2.45, 2.75) is 85.2 Å². The van der Waals surface area contributed by atoms with E-state index in [2.05, 4.69) is 46.7 Å². The Balaban J connectivity index is 0.000000210. The van der Waals surface area contributed by atoms with Crippen molar-refractivity contribution in [2.75, 3.05) is 0 Å². The molecule has 1 aliphatic carbocycles. The van der Waals surface area contributed by atoms with Crippen LogP contribution in [0.25, 0.3) is 44.6 Å². The summed E-state index contributed by atoms with van der Waals surface area (Å²) in [5.74, 6) is -0.0856. The molecule has 4 aromatic heterocycles. The van der Waals surface area contributed by atoms with Crippen LogP contribution in [0.2, 0.25) is 19.6 Å². The third kappa shape index (κ3) is 8.58. The number of aromatic nitrogens is 3. The maximum atomic E-state index is 8.99. The van der Waals surface area contributed by atoms with Gasteiger partial charge in [-0.25, -0.2) is 4.98 Å². The average Bonchev–Trinajstić information content (AvgIpc) is 3.53. The Labute approximate surface area is 311 Å². The molecule has 1 saturated carbocycles. The fraction of sp³-hybridized carbons (Fsp3) is 0.357. The minimum Gasteiger partial charge on any atom is -0.486 e. The van der Waals surface area contributed by atoms with Gasteiger partial charge < -0.3 is 14.4 Å². The molecule has 0 saturated heterocycles. The summed E-state index contributed by atoms with van der Waals surface area (Å²) in [6, 6.07) is 26.3. The van der Waals surface area contributed by atoms with Crippen molar-refractivity contribution < 1.29 is 34.1 Å². The molecule has 0 bridgehead atoms. The van der Waals surface area contributed by atoms with E-state index in [0.29, 0.717) is 27.8 Å². The van der Waals surface area contributed by atoms with E-state index in [0.717, 1.165) is 53.1 Å². The molecule has 6 heteroatoms. The molecular weight excluding hydrogens is 783 g/mol. The summed E-state index contributed by atoms with van der Waals surface area (Å²) in [6.45, 7) is 8.18. The molecule has 2 aromatic carbocycles. The summed E-state index contributed by atoms with van der Waals surface area (Å²) in [6.07, 6.45) is 6.25. The van der Waals surface area contributed by atoms with Crippen LogP contribution in [0.4, 0.5) is 0 Å². The van der Waals surface area contributed by atoms with Crippen LogP contribution < -0.4 is 5.19 Å². The summed E-state index contributed by atoms with van der Waals surface area (Å²) in [5, 5.41) is 2.64. The number of pyridine rings is 3. The monoisotopic (exact) mass is 837 g/mol. The Morgan fingerprint density at radius 3 is 2.50 bits per heavy atom. The minimum atomic E-state index is -2.32. The first-order chi connectivity index (χ1) is 25.4. The summed E-state index contributed by atoms with van der Waals surface area (Å²) in [4.78, 5) is 13.2. The van der Waals surface area contributed by atoms with Crippen molar-refractivity contribution in [1.82, 2.24) is 15.0 Å². The second kappa shape index (κ2) is 15.8. The van der Waals surface area contributed by atoms with Gasteiger partial charge in [-0.05, 0) is 66.2 Å². The maximum Gasteiger partial charge on any atom is 0.216 e. The SMILES string of the molecule is [2H]C([2H])([2H])c1ccc2c(n1)oc1c(-c3cc(C([2H])([2H])C(C)C)ccn3)[c-]ccc12.[2H]C([2H])(c1cc(-c2[c-]cccc2)ncc1[Si](C)(C)C)C1CCCCC1.[Ir]. The van der Waals surface area contributed by atoms with Gasteiger partial charge in [-0.15, -0.1) is 54.1 Å². The van der Waals surface area contributed by atoms with Gasteiger partial charge in [0.2, 0.25) is 5.71 Å². The maximum absolute atomic E-state index is 8.99. The number of hydrogen-bond acceptors (Lipinski definition) is 4. The fourth-order valence-electron chi connectivity index (χ4n) is 6.14. The van der Waals surface area contributed by atoms with Crippen molar-refractivity contribution in [1.29, 1.82) is 0 Å². The predicted octanol–water partition coefficient (Wildman–Crippen LogP) is 10.6. The van der Waals surface area contributed by atoms with Crippen LogP contribution in [0.1, 0.15) is 72.4 Å². The van der Waals surface area contributed by atoms with Crippen LogP contribution in [-0.2, 0) is 32.9 Å². The Morgan fingerprint density at radius 2 is 1.77 bits per heavy atom. The van der Waals surface area contributed by atoms with E-state index in [4.69, 9.17) is 14.0 Å². The molecule has 0 spiro atoms. The zero-order valence-corrected chi connectivity index (χ0v) is 31.7. The molecule has 0 amide bonds. The normalized spacial score (nSPS) is 16.8. The van der Waals surface area contributed by atoms with E-state index >= 15 is 0 Å². The van der Waals surface area contributed by atoms with Crippen LogP contribution in [0, 0.1) is 30.8 Å². The van der Waals surface area contributed by atoms with Crippen molar-refractivity contribution in [2.24, 2.45) is 11.8 Å². The molecule has 1 aliphatic rings. The third-order valence-electron chi connectivity index (χ3n) is 8.43. The molecule has 0 aliphatic heterocycles. The Morgan fingerprint density at radius 1 is 0.938 bits per heavy atom. The molecule has 0 unspecified atom stereocenters. The first-order valence-corrected chi connectivity index (χ1v) is 20.1. The van der Waals surface area contributed by atoms with Crippen LogP contribution in [-0.4, -0.2) is 23.0 Å². The zero-order valence-electron chi connectivity index (χ0n) is 35.3. The first kappa shape index (κ1) is 27.4. The standard InChI is InChI=1S/C21H19N2O.C21H28NSi.Ir/c1-13(2)11-15-9-10-22-19(12-15)18-6-4-5-16-17-8-7-14(3)23-21(17)24-20(16)18;1-23(2,3)21-16-22-20(18-12-8-5-9-13-18)15-19(21)14-17-10-6-4-7-11-17;/h4-5,7-10,12-13H,11H2,1-3H3;5,8-9,12,15-17H,4,6-7,10-11,14H2,1-3H3;/q2*-1;/i3D3,11D2;14D2;. The molecule has 1 fully saturated rings. The second-order valence-corrected chi connectivity index (χ2v) is 18.6. The van der Waals surface area contributed by atoms with Gasteiger partial charge >= 0.3 is 0 Å². The van der Waals surface area contributed by atoms with Crippen molar-refractivity contribution in [3.05, 3.63) is 108 Å². The number of aryl methyl sites for hydroxylation is 1.